The number of halogens is 1. The fraction of sp³-hybridized carbons (Fsp3) is 0.357. The highest BCUT2D eigenvalue weighted by atomic mass is 35.5. The molecule has 0 radical (unpaired) electrons. The Labute approximate surface area is 112 Å². The first-order chi connectivity index (χ1) is 8.72. The van der Waals surface area contributed by atoms with Gasteiger partial charge >= 0.3 is 0 Å². The second-order valence-electron chi connectivity index (χ2n) is 4.32. The fourth-order valence-electron chi connectivity index (χ4n) is 1.94. The summed E-state index contributed by atoms with van der Waals surface area (Å²) in [6, 6.07) is 7.67. The van der Waals surface area contributed by atoms with Crippen molar-refractivity contribution in [1.29, 1.82) is 0 Å². The van der Waals surface area contributed by atoms with Crippen LogP contribution in [0, 0.1) is 0 Å². The number of fused-ring (bicyclic) bond motifs is 1. The number of rotatable bonds is 5. The molecule has 2 rings (SSSR count). The summed E-state index contributed by atoms with van der Waals surface area (Å²) in [6.45, 7) is 3.19. The fourth-order valence-corrected chi connectivity index (χ4v) is 2.17. The Bertz CT molecular complexity index is 548. The highest BCUT2D eigenvalue weighted by Gasteiger charge is 2.07. The van der Waals surface area contributed by atoms with Crippen LogP contribution in [0.3, 0.4) is 0 Å². The minimum absolute atomic E-state index is 0.0425. The van der Waals surface area contributed by atoms with Crippen molar-refractivity contribution in [2.75, 3.05) is 6.54 Å². The largest absolute Gasteiger partial charge is 0.355 e. The number of hydrogen-bond acceptors (Lipinski definition) is 1. The molecule has 1 aromatic carbocycles. The van der Waals surface area contributed by atoms with E-state index in [0.717, 1.165) is 35.3 Å². The van der Waals surface area contributed by atoms with Gasteiger partial charge in [-0.25, -0.2) is 0 Å². The molecule has 0 bridgehead atoms. The second-order valence-corrected chi connectivity index (χ2v) is 4.73. The lowest BCUT2D eigenvalue weighted by Crippen LogP contribution is -2.28. The summed E-state index contributed by atoms with van der Waals surface area (Å²) in [5.41, 5.74) is 0.994. The summed E-state index contributed by atoms with van der Waals surface area (Å²) in [5, 5.41) is 4.62. The number of carbonyl (C=O) groups excluding carboxylic acids is 1. The number of amides is 1. The van der Waals surface area contributed by atoms with Crippen LogP contribution in [-0.4, -0.2) is 17.0 Å². The Morgan fingerprint density at radius 3 is 3.00 bits per heavy atom. The summed E-state index contributed by atoms with van der Waals surface area (Å²) in [4.78, 5) is 11.7. The van der Waals surface area contributed by atoms with Crippen molar-refractivity contribution in [2.24, 2.45) is 0 Å². The van der Waals surface area contributed by atoms with Gasteiger partial charge in [0.15, 0.2) is 0 Å². The standard InChI is InChI=1S/C14H17ClN2O/c1-2-3-8-16-14(18)10-17-9-7-11-12(15)5-4-6-13(11)17/h4-7,9H,2-3,8,10H2,1H3,(H,16,18). The summed E-state index contributed by atoms with van der Waals surface area (Å²) >= 11 is 6.10. The third-order valence-corrected chi connectivity index (χ3v) is 3.26. The van der Waals surface area contributed by atoms with E-state index in [1.165, 1.54) is 0 Å². The Morgan fingerprint density at radius 1 is 1.39 bits per heavy atom. The van der Waals surface area contributed by atoms with Gasteiger partial charge in [-0.05, 0) is 24.6 Å². The van der Waals surface area contributed by atoms with Crippen molar-refractivity contribution in [3.63, 3.8) is 0 Å². The first kappa shape index (κ1) is 13.0. The lowest BCUT2D eigenvalue weighted by Gasteiger charge is -2.07. The van der Waals surface area contributed by atoms with Crippen LogP contribution in [0.2, 0.25) is 5.02 Å². The monoisotopic (exact) mass is 264 g/mol. The molecule has 3 nitrogen and oxygen atoms in total. The van der Waals surface area contributed by atoms with Crippen LogP contribution in [-0.2, 0) is 11.3 Å². The Hall–Kier alpha value is -1.48. The molecule has 1 amide bonds. The van der Waals surface area contributed by atoms with Gasteiger partial charge in [0.1, 0.15) is 6.54 Å². The lowest BCUT2D eigenvalue weighted by atomic mass is 10.2. The third kappa shape index (κ3) is 2.85. The zero-order chi connectivity index (χ0) is 13.0. The zero-order valence-electron chi connectivity index (χ0n) is 10.4. The topological polar surface area (TPSA) is 34.0 Å². The molecule has 0 fully saturated rings. The summed E-state index contributed by atoms with van der Waals surface area (Å²) in [7, 11) is 0. The van der Waals surface area contributed by atoms with E-state index < -0.39 is 0 Å². The Balaban J connectivity index is 2.08. The molecule has 0 saturated carbocycles. The molecule has 1 N–H and O–H groups in total. The zero-order valence-corrected chi connectivity index (χ0v) is 11.2. The van der Waals surface area contributed by atoms with Gasteiger partial charge in [0.2, 0.25) is 5.91 Å². The lowest BCUT2D eigenvalue weighted by molar-refractivity contribution is -0.121. The van der Waals surface area contributed by atoms with Gasteiger partial charge in [-0.3, -0.25) is 4.79 Å². The molecule has 1 heterocycles. The number of aromatic nitrogens is 1. The number of unbranched alkanes of at least 4 members (excludes halogenated alkanes) is 1. The number of hydrogen-bond donors (Lipinski definition) is 1. The molecule has 2 aromatic rings. The number of benzene rings is 1. The van der Waals surface area contributed by atoms with Gasteiger partial charge in [0.25, 0.3) is 0 Å². The highest BCUT2D eigenvalue weighted by Crippen LogP contribution is 2.23. The van der Waals surface area contributed by atoms with Crippen LogP contribution in [0.1, 0.15) is 19.8 Å². The van der Waals surface area contributed by atoms with E-state index in [2.05, 4.69) is 12.2 Å². The van der Waals surface area contributed by atoms with Crippen molar-refractivity contribution < 1.29 is 4.79 Å². The third-order valence-electron chi connectivity index (χ3n) is 2.93. The molecule has 0 aliphatic carbocycles. The van der Waals surface area contributed by atoms with Crippen molar-refractivity contribution in [1.82, 2.24) is 9.88 Å². The maximum absolute atomic E-state index is 11.7. The molecule has 0 spiro atoms. The molecular weight excluding hydrogens is 248 g/mol. The Morgan fingerprint density at radius 2 is 2.22 bits per heavy atom. The molecule has 1 aromatic heterocycles. The van der Waals surface area contributed by atoms with Crippen molar-refractivity contribution >= 4 is 28.4 Å². The molecule has 4 heteroatoms. The van der Waals surface area contributed by atoms with E-state index in [1.54, 1.807) is 0 Å². The molecule has 0 aliphatic heterocycles. The van der Waals surface area contributed by atoms with Crippen LogP contribution in [0.25, 0.3) is 10.9 Å². The average Bonchev–Trinajstić information content (AvgIpc) is 2.74. The molecule has 0 atom stereocenters. The second kappa shape index (κ2) is 5.91. The first-order valence-electron chi connectivity index (χ1n) is 6.22. The summed E-state index contributed by atoms with van der Waals surface area (Å²) in [6.07, 6.45) is 4.00. The summed E-state index contributed by atoms with van der Waals surface area (Å²) in [5.74, 6) is 0.0425. The molecule has 0 aliphatic rings. The van der Waals surface area contributed by atoms with E-state index >= 15 is 0 Å². The van der Waals surface area contributed by atoms with Gasteiger partial charge in [0, 0.05) is 28.7 Å². The van der Waals surface area contributed by atoms with Crippen LogP contribution in [0.5, 0.6) is 0 Å². The van der Waals surface area contributed by atoms with E-state index in [9.17, 15) is 4.79 Å². The minimum atomic E-state index is 0.0425. The molecular formula is C14H17ClN2O. The van der Waals surface area contributed by atoms with Gasteiger partial charge in [-0.2, -0.15) is 0 Å². The van der Waals surface area contributed by atoms with Crippen LogP contribution in [0.4, 0.5) is 0 Å². The maximum Gasteiger partial charge on any atom is 0.239 e. The van der Waals surface area contributed by atoms with Gasteiger partial charge in [0.05, 0.1) is 0 Å². The Kier molecular flexibility index (Phi) is 4.26. The van der Waals surface area contributed by atoms with Crippen LogP contribution in [0.15, 0.2) is 30.5 Å². The van der Waals surface area contributed by atoms with Crippen LogP contribution >= 0.6 is 11.6 Å². The molecule has 0 saturated heterocycles. The molecule has 96 valence electrons. The van der Waals surface area contributed by atoms with E-state index in [4.69, 9.17) is 11.6 Å². The number of nitrogens with zero attached hydrogens (tertiary/aromatic N) is 1. The quantitative estimate of drug-likeness (QED) is 0.827. The van der Waals surface area contributed by atoms with E-state index in [0.29, 0.717) is 6.54 Å². The first-order valence-corrected chi connectivity index (χ1v) is 6.60. The van der Waals surface area contributed by atoms with Crippen molar-refractivity contribution in [3.05, 3.63) is 35.5 Å². The van der Waals surface area contributed by atoms with Gasteiger partial charge < -0.3 is 9.88 Å². The SMILES string of the molecule is CCCCNC(=O)Cn1ccc2c(Cl)cccc21. The smallest absolute Gasteiger partial charge is 0.239 e. The van der Waals surface area contributed by atoms with Crippen molar-refractivity contribution in [3.8, 4) is 0 Å². The van der Waals surface area contributed by atoms with E-state index in [1.807, 2.05) is 35.0 Å². The van der Waals surface area contributed by atoms with Gasteiger partial charge in [-0.15, -0.1) is 0 Å². The average molecular weight is 265 g/mol. The predicted octanol–water partition coefficient (Wildman–Crippen LogP) is 3.21. The minimum Gasteiger partial charge on any atom is -0.355 e. The van der Waals surface area contributed by atoms with Crippen LogP contribution < -0.4 is 5.32 Å². The van der Waals surface area contributed by atoms with Crippen molar-refractivity contribution in [2.45, 2.75) is 26.3 Å². The number of nitrogens with one attached hydrogen (secondary N) is 1. The predicted molar refractivity (Wildman–Crippen MR) is 74.9 cm³/mol. The molecule has 18 heavy (non-hydrogen) atoms. The highest BCUT2D eigenvalue weighted by molar-refractivity contribution is 6.35. The number of carbonyl (C=O) groups is 1. The van der Waals surface area contributed by atoms with Gasteiger partial charge in [-0.1, -0.05) is 31.0 Å². The normalized spacial score (nSPS) is 10.8. The van der Waals surface area contributed by atoms with E-state index in [-0.39, 0.29) is 5.91 Å². The molecule has 0 unspecified atom stereocenters. The summed E-state index contributed by atoms with van der Waals surface area (Å²) < 4.78 is 1.92. The maximum atomic E-state index is 11.7.